The fourth-order valence-electron chi connectivity index (χ4n) is 1.27. The Morgan fingerprint density at radius 1 is 1.31 bits per heavy atom. The zero-order chi connectivity index (χ0) is 12.3. The van der Waals surface area contributed by atoms with E-state index in [2.05, 4.69) is 27.3 Å². The highest BCUT2D eigenvalue weighted by molar-refractivity contribution is 14.1. The largest absolute Gasteiger partial charge is 0.465 e. The van der Waals surface area contributed by atoms with Crippen LogP contribution in [0, 0.1) is 10.5 Å². The molecule has 0 aliphatic carbocycles. The van der Waals surface area contributed by atoms with Crippen molar-refractivity contribution in [1.82, 2.24) is 0 Å². The van der Waals surface area contributed by atoms with E-state index in [1.165, 1.54) is 14.0 Å². The number of halogens is 1. The van der Waals surface area contributed by atoms with E-state index in [1.54, 1.807) is 13.0 Å². The van der Waals surface area contributed by atoms with Crippen LogP contribution in [0.15, 0.2) is 12.1 Å². The molecule has 0 aliphatic heterocycles. The van der Waals surface area contributed by atoms with Crippen LogP contribution in [-0.2, 0) is 9.53 Å². The highest BCUT2D eigenvalue weighted by Crippen LogP contribution is 2.27. The van der Waals surface area contributed by atoms with Crippen LogP contribution in [0.5, 0.6) is 5.75 Å². The van der Waals surface area contributed by atoms with Gasteiger partial charge in [0.2, 0.25) is 0 Å². The number of methoxy groups -OCH3 is 1. The van der Waals surface area contributed by atoms with Crippen LogP contribution in [0.25, 0.3) is 0 Å². The molecule has 0 heterocycles. The molecule has 16 heavy (non-hydrogen) atoms. The number of hydrogen-bond donors (Lipinski definition) is 0. The zero-order valence-corrected chi connectivity index (χ0v) is 11.3. The van der Waals surface area contributed by atoms with Gasteiger partial charge < -0.3 is 9.47 Å². The van der Waals surface area contributed by atoms with E-state index in [-0.39, 0.29) is 11.3 Å². The molecule has 0 spiro atoms. The molecule has 0 unspecified atom stereocenters. The van der Waals surface area contributed by atoms with Gasteiger partial charge in [0.15, 0.2) is 0 Å². The first-order valence-corrected chi connectivity index (χ1v) is 5.60. The molecule has 0 amide bonds. The Morgan fingerprint density at radius 2 is 1.94 bits per heavy atom. The number of aryl methyl sites for hydroxylation is 1. The van der Waals surface area contributed by atoms with Gasteiger partial charge in [-0.15, -0.1) is 0 Å². The number of ether oxygens (including phenoxy) is 2. The van der Waals surface area contributed by atoms with E-state index in [0.717, 1.165) is 9.13 Å². The summed E-state index contributed by atoms with van der Waals surface area (Å²) in [7, 11) is 1.29. The number of benzene rings is 1. The fraction of sp³-hybridized carbons (Fsp3) is 0.273. The summed E-state index contributed by atoms with van der Waals surface area (Å²) in [6.07, 6.45) is 0. The Bertz CT molecular complexity index is 440. The molecule has 4 nitrogen and oxygen atoms in total. The third-order valence-electron chi connectivity index (χ3n) is 1.89. The summed E-state index contributed by atoms with van der Waals surface area (Å²) in [6.45, 7) is 3.06. The van der Waals surface area contributed by atoms with E-state index in [9.17, 15) is 9.59 Å². The molecule has 0 bridgehead atoms. The molecule has 0 fully saturated rings. The van der Waals surface area contributed by atoms with Crippen LogP contribution >= 0.6 is 22.6 Å². The molecule has 5 heteroatoms. The van der Waals surface area contributed by atoms with Gasteiger partial charge in [-0.3, -0.25) is 4.79 Å². The number of carbonyl (C=O) groups excluding carboxylic acids is 2. The molecule has 0 aromatic heterocycles. The van der Waals surface area contributed by atoms with Gasteiger partial charge >= 0.3 is 11.9 Å². The molecular formula is C11H11IO4. The van der Waals surface area contributed by atoms with Crippen LogP contribution in [0.4, 0.5) is 0 Å². The molecule has 0 N–H and O–H groups in total. The molecular weight excluding hydrogens is 323 g/mol. The van der Waals surface area contributed by atoms with Crippen molar-refractivity contribution in [3.63, 3.8) is 0 Å². The zero-order valence-electron chi connectivity index (χ0n) is 9.17. The number of carbonyl (C=O) groups is 2. The van der Waals surface area contributed by atoms with E-state index in [0.29, 0.717) is 0 Å². The highest BCUT2D eigenvalue weighted by atomic mass is 127. The first-order valence-electron chi connectivity index (χ1n) is 4.52. The lowest BCUT2D eigenvalue weighted by molar-refractivity contribution is -0.131. The minimum atomic E-state index is -0.516. The molecule has 1 aromatic rings. The third-order valence-corrected chi connectivity index (χ3v) is 2.51. The van der Waals surface area contributed by atoms with Gasteiger partial charge in [-0.1, -0.05) is 0 Å². The lowest BCUT2D eigenvalue weighted by atomic mass is 10.1. The summed E-state index contributed by atoms with van der Waals surface area (Å²) < 4.78 is 10.5. The molecule has 0 radical (unpaired) electrons. The van der Waals surface area contributed by atoms with E-state index in [1.807, 2.05) is 6.07 Å². The summed E-state index contributed by atoms with van der Waals surface area (Å²) in [5, 5.41) is 0. The molecule has 86 valence electrons. The van der Waals surface area contributed by atoms with Gasteiger partial charge in [0.1, 0.15) is 11.3 Å². The Kier molecular flexibility index (Phi) is 4.28. The second kappa shape index (κ2) is 5.29. The van der Waals surface area contributed by atoms with Crippen molar-refractivity contribution in [1.29, 1.82) is 0 Å². The van der Waals surface area contributed by atoms with Crippen molar-refractivity contribution in [3.8, 4) is 5.75 Å². The SMILES string of the molecule is COC(=O)c1cc(I)cc(C)c1OC(C)=O. The van der Waals surface area contributed by atoms with Crippen molar-refractivity contribution in [2.45, 2.75) is 13.8 Å². The van der Waals surface area contributed by atoms with Gasteiger partial charge in [-0.05, 0) is 47.2 Å². The van der Waals surface area contributed by atoms with Crippen LogP contribution in [0.2, 0.25) is 0 Å². The average molecular weight is 334 g/mol. The molecule has 0 saturated heterocycles. The summed E-state index contributed by atoms with van der Waals surface area (Å²) in [4.78, 5) is 22.4. The minimum absolute atomic E-state index is 0.264. The van der Waals surface area contributed by atoms with Crippen LogP contribution < -0.4 is 4.74 Å². The van der Waals surface area contributed by atoms with Crippen molar-refractivity contribution in [2.75, 3.05) is 7.11 Å². The van der Waals surface area contributed by atoms with E-state index < -0.39 is 11.9 Å². The fourth-order valence-corrected chi connectivity index (χ4v) is 2.05. The van der Waals surface area contributed by atoms with E-state index >= 15 is 0 Å². The third kappa shape index (κ3) is 2.94. The molecule has 0 saturated carbocycles. The topological polar surface area (TPSA) is 52.6 Å². The Morgan fingerprint density at radius 3 is 2.44 bits per heavy atom. The van der Waals surface area contributed by atoms with Gasteiger partial charge in [0.05, 0.1) is 7.11 Å². The standard InChI is InChI=1S/C11H11IO4/c1-6-4-8(12)5-9(11(14)15-3)10(6)16-7(2)13/h4-5H,1-3H3. The Labute approximate surface area is 107 Å². The maximum Gasteiger partial charge on any atom is 0.341 e. The normalized spacial score (nSPS) is 9.75. The summed E-state index contributed by atoms with van der Waals surface area (Å²) in [6, 6.07) is 3.45. The van der Waals surface area contributed by atoms with Crippen molar-refractivity contribution < 1.29 is 19.1 Å². The van der Waals surface area contributed by atoms with Gasteiger partial charge in [0, 0.05) is 10.5 Å². The predicted octanol–water partition coefficient (Wildman–Crippen LogP) is 2.31. The predicted molar refractivity (Wildman–Crippen MR) is 66.5 cm³/mol. The summed E-state index contributed by atoms with van der Waals surface area (Å²) >= 11 is 2.08. The number of rotatable bonds is 2. The van der Waals surface area contributed by atoms with Gasteiger partial charge in [-0.25, -0.2) is 4.79 Å². The smallest absolute Gasteiger partial charge is 0.341 e. The number of esters is 2. The molecule has 0 atom stereocenters. The number of hydrogen-bond acceptors (Lipinski definition) is 4. The van der Waals surface area contributed by atoms with Gasteiger partial charge in [-0.2, -0.15) is 0 Å². The summed E-state index contributed by atoms with van der Waals surface area (Å²) in [5.74, 6) is -0.716. The monoisotopic (exact) mass is 334 g/mol. The molecule has 1 aromatic carbocycles. The van der Waals surface area contributed by atoms with E-state index in [4.69, 9.17) is 4.74 Å². The quantitative estimate of drug-likeness (QED) is 0.473. The minimum Gasteiger partial charge on any atom is -0.465 e. The second-order valence-corrected chi connectivity index (χ2v) is 4.43. The first-order chi connectivity index (χ1) is 7.45. The maximum absolute atomic E-state index is 11.5. The van der Waals surface area contributed by atoms with Crippen molar-refractivity contribution >= 4 is 34.5 Å². The Hall–Kier alpha value is -1.11. The first kappa shape index (κ1) is 13.0. The second-order valence-electron chi connectivity index (χ2n) is 3.18. The molecule has 0 aliphatic rings. The highest BCUT2D eigenvalue weighted by Gasteiger charge is 2.17. The maximum atomic E-state index is 11.5. The molecule has 1 rings (SSSR count). The lowest BCUT2D eigenvalue weighted by Crippen LogP contribution is -2.10. The van der Waals surface area contributed by atoms with Crippen molar-refractivity contribution in [2.24, 2.45) is 0 Å². The average Bonchev–Trinajstić information content (AvgIpc) is 2.20. The van der Waals surface area contributed by atoms with Crippen LogP contribution in [-0.4, -0.2) is 19.0 Å². The van der Waals surface area contributed by atoms with Crippen molar-refractivity contribution in [3.05, 3.63) is 26.8 Å². The van der Waals surface area contributed by atoms with Gasteiger partial charge in [0.25, 0.3) is 0 Å². The Balaban J connectivity index is 3.31. The summed E-state index contributed by atoms with van der Waals surface area (Å²) in [5.41, 5.74) is 0.990. The van der Waals surface area contributed by atoms with Crippen LogP contribution in [0.3, 0.4) is 0 Å². The lowest BCUT2D eigenvalue weighted by Gasteiger charge is -2.10. The van der Waals surface area contributed by atoms with Crippen LogP contribution in [0.1, 0.15) is 22.8 Å².